The lowest BCUT2D eigenvalue weighted by atomic mass is 10.1. The molecule has 0 N–H and O–H groups in total. The van der Waals surface area contributed by atoms with Crippen molar-refractivity contribution in [1.29, 1.82) is 0 Å². The molecular formula is C5H5F5O2. The fourth-order valence-corrected chi connectivity index (χ4v) is 0.506. The molecule has 1 atom stereocenters. The fraction of sp³-hybridized carbons (Fsp3) is 0.800. The predicted molar refractivity (Wildman–Crippen MR) is 27.6 cm³/mol. The quantitative estimate of drug-likeness (QED) is 0.490. The lowest BCUT2D eigenvalue weighted by Crippen LogP contribution is -2.37. The maximum absolute atomic E-state index is 11.6. The second kappa shape index (κ2) is 3.68. The van der Waals surface area contributed by atoms with Gasteiger partial charge in [0.25, 0.3) is 6.43 Å². The van der Waals surface area contributed by atoms with Gasteiger partial charge in [-0.1, -0.05) is 0 Å². The van der Waals surface area contributed by atoms with Crippen molar-refractivity contribution in [1.82, 2.24) is 0 Å². The van der Waals surface area contributed by atoms with Crippen LogP contribution in [-0.4, -0.2) is 25.7 Å². The smallest absolute Gasteiger partial charge is 0.407 e. The van der Waals surface area contributed by atoms with Crippen LogP contribution >= 0.6 is 0 Å². The number of methoxy groups -OCH3 is 1. The molecule has 0 fully saturated rings. The minimum atomic E-state index is -5.26. The van der Waals surface area contributed by atoms with Crippen LogP contribution in [0, 0.1) is 5.92 Å². The van der Waals surface area contributed by atoms with Crippen molar-refractivity contribution in [2.75, 3.05) is 7.11 Å². The summed E-state index contributed by atoms with van der Waals surface area (Å²) in [6.45, 7) is 0. The molecule has 0 heterocycles. The van der Waals surface area contributed by atoms with Gasteiger partial charge in [-0.05, 0) is 0 Å². The van der Waals surface area contributed by atoms with Crippen LogP contribution in [-0.2, 0) is 9.53 Å². The maximum atomic E-state index is 11.6. The summed E-state index contributed by atoms with van der Waals surface area (Å²) >= 11 is 0. The van der Waals surface area contributed by atoms with E-state index in [0.29, 0.717) is 7.11 Å². The molecule has 0 saturated carbocycles. The highest BCUT2D eigenvalue weighted by atomic mass is 19.4. The van der Waals surface area contributed by atoms with Gasteiger partial charge in [0.15, 0.2) is 0 Å². The lowest BCUT2D eigenvalue weighted by molar-refractivity contribution is -0.218. The molecule has 0 rings (SSSR count). The first-order valence-corrected chi connectivity index (χ1v) is 2.73. The van der Waals surface area contributed by atoms with Gasteiger partial charge >= 0.3 is 12.1 Å². The Morgan fingerprint density at radius 2 is 1.75 bits per heavy atom. The molecular weight excluding hydrogens is 187 g/mol. The third-order valence-electron chi connectivity index (χ3n) is 1.06. The molecule has 0 saturated heterocycles. The van der Waals surface area contributed by atoms with Crippen LogP contribution in [0.1, 0.15) is 0 Å². The van der Waals surface area contributed by atoms with Gasteiger partial charge in [-0.2, -0.15) is 13.2 Å². The average Bonchev–Trinajstić information content (AvgIpc) is 1.83. The minimum Gasteiger partial charge on any atom is -0.468 e. The summed E-state index contributed by atoms with van der Waals surface area (Å²) in [7, 11) is 0.615. The number of hydrogen-bond acceptors (Lipinski definition) is 2. The Morgan fingerprint density at radius 3 is 1.83 bits per heavy atom. The third kappa shape index (κ3) is 2.63. The number of ether oxygens (including phenoxy) is 1. The van der Waals surface area contributed by atoms with Gasteiger partial charge in [0.1, 0.15) is 0 Å². The number of carbonyl (C=O) groups is 1. The van der Waals surface area contributed by atoms with Gasteiger partial charge in [0.05, 0.1) is 7.11 Å². The highest BCUT2D eigenvalue weighted by molar-refractivity contribution is 5.73. The number of esters is 1. The van der Waals surface area contributed by atoms with Gasteiger partial charge in [0.2, 0.25) is 5.92 Å². The highest BCUT2D eigenvalue weighted by Gasteiger charge is 2.51. The third-order valence-corrected chi connectivity index (χ3v) is 1.06. The molecule has 0 amide bonds. The number of rotatable bonds is 2. The van der Waals surface area contributed by atoms with E-state index in [9.17, 15) is 26.7 Å². The van der Waals surface area contributed by atoms with Gasteiger partial charge < -0.3 is 4.74 Å². The maximum Gasteiger partial charge on any atom is 0.407 e. The van der Waals surface area contributed by atoms with Crippen LogP contribution in [0.4, 0.5) is 22.0 Å². The largest absolute Gasteiger partial charge is 0.468 e. The summed E-state index contributed by atoms with van der Waals surface area (Å²) in [4.78, 5) is 10.2. The van der Waals surface area contributed by atoms with E-state index in [1.807, 2.05) is 0 Å². The Balaban J connectivity index is 4.56. The molecule has 0 aromatic carbocycles. The standard InChI is InChI=1S/C5H5F5O2/c1-12-4(11)2(3(6)7)5(8,9)10/h2-3H,1H3. The van der Waals surface area contributed by atoms with Crippen molar-refractivity contribution < 1.29 is 31.5 Å². The normalized spacial score (nSPS) is 14.6. The van der Waals surface area contributed by atoms with E-state index in [4.69, 9.17) is 0 Å². The Morgan fingerprint density at radius 1 is 1.33 bits per heavy atom. The summed E-state index contributed by atoms with van der Waals surface area (Å²) < 4.78 is 61.7. The Bertz CT molecular complexity index is 164. The molecule has 0 radical (unpaired) electrons. The van der Waals surface area contributed by atoms with Crippen molar-refractivity contribution in [2.24, 2.45) is 5.92 Å². The number of carbonyl (C=O) groups excluding carboxylic acids is 1. The van der Waals surface area contributed by atoms with Crippen LogP contribution in [0.3, 0.4) is 0 Å². The second-order valence-corrected chi connectivity index (χ2v) is 1.88. The molecule has 0 aromatic rings. The minimum absolute atomic E-state index is 0.615. The van der Waals surface area contributed by atoms with E-state index in [2.05, 4.69) is 4.74 Å². The summed E-state index contributed by atoms with van der Waals surface area (Å²) in [5, 5.41) is 0. The van der Waals surface area contributed by atoms with Gasteiger partial charge in [0, 0.05) is 0 Å². The first-order chi connectivity index (χ1) is 5.30. The van der Waals surface area contributed by atoms with Crippen molar-refractivity contribution >= 4 is 5.97 Å². The summed E-state index contributed by atoms with van der Waals surface area (Å²) in [6.07, 6.45) is -9.06. The topological polar surface area (TPSA) is 26.3 Å². The molecule has 2 nitrogen and oxygen atoms in total. The summed E-state index contributed by atoms with van der Waals surface area (Å²) in [6, 6.07) is 0. The molecule has 1 unspecified atom stereocenters. The summed E-state index contributed by atoms with van der Waals surface area (Å²) in [5.41, 5.74) is 0. The lowest BCUT2D eigenvalue weighted by Gasteiger charge is -2.16. The van der Waals surface area contributed by atoms with Gasteiger partial charge in [-0.25, -0.2) is 8.78 Å². The Hall–Kier alpha value is -0.880. The molecule has 7 heteroatoms. The predicted octanol–water partition coefficient (Wildman–Crippen LogP) is 1.60. The zero-order valence-electron chi connectivity index (χ0n) is 5.86. The van der Waals surface area contributed by atoms with Crippen molar-refractivity contribution in [3.63, 3.8) is 0 Å². The van der Waals surface area contributed by atoms with Crippen molar-refractivity contribution in [3.05, 3.63) is 0 Å². The number of halogens is 5. The molecule has 0 bridgehead atoms. The second-order valence-electron chi connectivity index (χ2n) is 1.88. The SMILES string of the molecule is COC(=O)C(C(F)F)C(F)(F)F. The summed E-state index contributed by atoms with van der Waals surface area (Å²) in [5.74, 6) is -5.32. The van der Waals surface area contributed by atoms with E-state index < -0.39 is 24.5 Å². The first kappa shape index (κ1) is 11.1. The molecule has 12 heavy (non-hydrogen) atoms. The molecule has 0 spiro atoms. The van der Waals surface area contributed by atoms with Gasteiger partial charge in [-0.15, -0.1) is 0 Å². The molecule has 0 aliphatic heterocycles. The van der Waals surface area contributed by atoms with Gasteiger partial charge in [-0.3, -0.25) is 4.79 Å². The van der Waals surface area contributed by atoms with Crippen LogP contribution in [0.25, 0.3) is 0 Å². The van der Waals surface area contributed by atoms with Crippen molar-refractivity contribution in [3.8, 4) is 0 Å². The Labute approximate surface area is 64.3 Å². The number of hydrogen-bond donors (Lipinski definition) is 0. The van der Waals surface area contributed by atoms with Crippen LogP contribution in [0.2, 0.25) is 0 Å². The first-order valence-electron chi connectivity index (χ1n) is 2.73. The fourth-order valence-electron chi connectivity index (χ4n) is 0.506. The molecule has 0 aliphatic rings. The zero-order valence-corrected chi connectivity index (χ0v) is 5.86. The number of alkyl halides is 5. The van der Waals surface area contributed by atoms with Crippen LogP contribution in [0.15, 0.2) is 0 Å². The Kier molecular flexibility index (Phi) is 3.41. The molecule has 0 aliphatic carbocycles. The van der Waals surface area contributed by atoms with E-state index in [1.54, 1.807) is 0 Å². The average molecular weight is 192 g/mol. The van der Waals surface area contributed by atoms with E-state index >= 15 is 0 Å². The van der Waals surface area contributed by atoms with Crippen molar-refractivity contribution in [2.45, 2.75) is 12.6 Å². The van der Waals surface area contributed by atoms with Crippen LogP contribution in [0.5, 0.6) is 0 Å². The molecule has 0 aromatic heterocycles. The molecule has 72 valence electrons. The monoisotopic (exact) mass is 192 g/mol. The van der Waals surface area contributed by atoms with E-state index in [1.165, 1.54) is 0 Å². The zero-order chi connectivity index (χ0) is 9.94. The van der Waals surface area contributed by atoms with E-state index in [0.717, 1.165) is 0 Å². The highest BCUT2D eigenvalue weighted by Crippen LogP contribution is 2.31. The van der Waals surface area contributed by atoms with Crippen LogP contribution < -0.4 is 0 Å². The van der Waals surface area contributed by atoms with E-state index in [-0.39, 0.29) is 0 Å².